The molecule has 1 amide bonds. The van der Waals surface area contributed by atoms with E-state index in [-0.39, 0.29) is 17.6 Å². The largest absolute Gasteiger partial charge is 0.507 e. The number of hydrogen-bond acceptors (Lipinski definition) is 3. The van der Waals surface area contributed by atoms with Gasteiger partial charge in [0.05, 0.1) is 12.1 Å². The van der Waals surface area contributed by atoms with Gasteiger partial charge in [-0.15, -0.1) is 0 Å². The molecule has 4 nitrogen and oxygen atoms in total. The van der Waals surface area contributed by atoms with Crippen molar-refractivity contribution in [2.45, 2.75) is 33.1 Å². The number of fused-ring (bicyclic) bond motifs is 1. The number of rotatable bonds is 6. The molecule has 4 heteroatoms. The van der Waals surface area contributed by atoms with E-state index in [9.17, 15) is 9.90 Å². The van der Waals surface area contributed by atoms with Gasteiger partial charge >= 0.3 is 0 Å². The first-order chi connectivity index (χ1) is 13.5. The normalized spacial score (nSPS) is 12.6. The Labute approximate surface area is 165 Å². The third-order valence-corrected chi connectivity index (χ3v) is 4.83. The van der Waals surface area contributed by atoms with Crippen LogP contribution in [0.4, 0.5) is 0 Å². The molecule has 0 aliphatic carbocycles. The summed E-state index contributed by atoms with van der Waals surface area (Å²) in [6.07, 6.45) is 2.52. The molecule has 144 valence electrons. The molecule has 3 aromatic rings. The molecule has 0 heterocycles. The standard InChI is InChI=1S/C24H26N2O2/c1-16(2)14-18-8-10-19(11-9-18)17(3)24(28)26-25-15-22-21-7-5-4-6-20(21)12-13-23(22)27/h4-13,15-17,27H,14H2,1-3H3,(H,26,28)/b25-15+/t17-/m0/s1. The van der Waals surface area contributed by atoms with Crippen LogP contribution in [0.5, 0.6) is 5.75 Å². The molecule has 0 saturated carbocycles. The van der Waals surface area contributed by atoms with Crippen LogP contribution in [0.1, 0.15) is 43.4 Å². The van der Waals surface area contributed by atoms with Crippen LogP contribution >= 0.6 is 0 Å². The smallest absolute Gasteiger partial charge is 0.247 e. The van der Waals surface area contributed by atoms with Crippen LogP contribution in [0, 0.1) is 5.92 Å². The Morgan fingerprint density at radius 2 is 1.75 bits per heavy atom. The minimum Gasteiger partial charge on any atom is -0.507 e. The molecule has 2 N–H and O–H groups in total. The Morgan fingerprint density at radius 3 is 2.46 bits per heavy atom. The number of amides is 1. The molecule has 0 saturated heterocycles. The van der Waals surface area contributed by atoms with Crippen LogP contribution < -0.4 is 5.43 Å². The maximum Gasteiger partial charge on any atom is 0.247 e. The summed E-state index contributed by atoms with van der Waals surface area (Å²) in [4.78, 5) is 12.5. The summed E-state index contributed by atoms with van der Waals surface area (Å²) in [5.41, 5.74) is 5.40. The highest BCUT2D eigenvalue weighted by Gasteiger charge is 2.14. The molecule has 0 aliphatic heterocycles. The molecule has 0 fully saturated rings. The molecule has 0 aromatic heterocycles. The average molecular weight is 374 g/mol. The first kappa shape index (κ1) is 19.6. The van der Waals surface area contributed by atoms with E-state index in [1.807, 2.05) is 49.4 Å². The predicted octanol–water partition coefficient (Wildman–Crippen LogP) is 5.00. The molecule has 0 unspecified atom stereocenters. The van der Waals surface area contributed by atoms with E-state index < -0.39 is 0 Å². The van der Waals surface area contributed by atoms with Gasteiger partial charge < -0.3 is 5.11 Å². The van der Waals surface area contributed by atoms with Crippen molar-refractivity contribution in [2.75, 3.05) is 0 Å². The number of aromatic hydroxyl groups is 1. The van der Waals surface area contributed by atoms with Crippen molar-refractivity contribution < 1.29 is 9.90 Å². The summed E-state index contributed by atoms with van der Waals surface area (Å²) in [5, 5.41) is 16.1. The van der Waals surface area contributed by atoms with Gasteiger partial charge in [-0.3, -0.25) is 4.79 Å². The average Bonchev–Trinajstić information content (AvgIpc) is 2.69. The number of carbonyl (C=O) groups excluding carboxylic acids is 1. The molecular weight excluding hydrogens is 348 g/mol. The van der Waals surface area contributed by atoms with Crippen LogP contribution in [0.25, 0.3) is 10.8 Å². The van der Waals surface area contributed by atoms with Crippen molar-refractivity contribution in [3.8, 4) is 5.75 Å². The fourth-order valence-electron chi connectivity index (χ4n) is 3.24. The van der Waals surface area contributed by atoms with Crippen molar-refractivity contribution in [3.63, 3.8) is 0 Å². The fraction of sp³-hybridized carbons (Fsp3) is 0.250. The van der Waals surface area contributed by atoms with Crippen molar-refractivity contribution in [3.05, 3.63) is 77.4 Å². The van der Waals surface area contributed by atoms with E-state index in [0.717, 1.165) is 22.8 Å². The van der Waals surface area contributed by atoms with E-state index >= 15 is 0 Å². The highest BCUT2D eigenvalue weighted by Crippen LogP contribution is 2.25. The molecule has 0 bridgehead atoms. The third kappa shape index (κ3) is 4.58. The first-order valence-electron chi connectivity index (χ1n) is 9.58. The Bertz CT molecular complexity index is 991. The molecule has 0 radical (unpaired) electrons. The van der Waals surface area contributed by atoms with E-state index in [1.54, 1.807) is 6.07 Å². The second kappa shape index (κ2) is 8.70. The number of phenolic OH excluding ortho intramolecular Hbond substituents is 1. The quantitative estimate of drug-likeness (QED) is 0.471. The highest BCUT2D eigenvalue weighted by molar-refractivity contribution is 6.02. The zero-order valence-electron chi connectivity index (χ0n) is 16.5. The summed E-state index contributed by atoms with van der Waals surface area (Å²) in [7, 11) is 0. The number of phenols is 1. The zero-order chi connectivity index (χ0) is 20.1. The van der Waals surface area contributed by atoms with Gasteiger partial charge in [-0.2, -0.15) is 5.10 Å². The van der Waals surface area contributed by atoms with Crippen LogP contribution in [0.15, 0.2) is 65.8 Å². The highest BCUT2D eigenvalue weighted by atomic mass is 16.3. The number of nitrogens with one attached hydrogen (secondary N) is 1. The van der Waals surface area contributed by atoms with Gasteiger partial charge in [0, 0.05) is 5.56 Å². The van der Waals surface area contributed by atoms with Gasteiger partial charge in [0.25, 0.3) is 0 Å². The Kier molecular flexibility index (Phi) is 6.09. The second-order valence-corrected chi connectivity index (χ2v) is 7.51. The molecule has 3 rings (SSSR count). The summed E-state index contributed by atoms with van der Waals surface area (Å²) in [5.74, 6) is 0.232. The van der Waals surface area contributed by atoms with Crippen LogP contribution in [-0.2, 0) is 11.2 Å². The Balaban J connectivity index is 1.69. The molecule has 0 aliphatic rings. The van der Waals surface area contributed by atoms with E-state index in [1.165, 1.54) is 11.8 Å². The van der Waals surface area contributed by atoms with Crippen LogP contribution in [0.3, 0.4) is 0 Å². The lowest BCUT2D eigenvalue weighted by molar-refractivity contribution is -0.122. The van der Waals surface area contributed by atoms with Crippen molar-refractivity contribution in [2.24, 2.45) is 11.0 Å². The summed E-state index contributed by atoms with van der Waals surface area (Å²) in [6.45, 7) is 6.24. The lowest BCUT2D eigenvalue weighted by atomic mass is 9.96. The third-order valence-electron chi connectivity index (χ3n) is 4.83. The minimum atomic E-state index is -0.314. The predicted molar refractivity (Wildman–Crippen MR) is 115 cm³/mol. The lowest BCUT2D eigenvalue weighted by Crippen LogP contribution is -2.23. The second-order valence-electron chi connectivity index (χ2n) is 7.51. The fourth-order valence-corrected chi connectivity index (χ4v) is 3.24. The van der Waals surface area contributed by atoms with Gasteiger partial charge in [-0.05, 0) is 47.2 Å². The van der Waals surface area contributed by atoms with Gasteiger partial charge in [0.15, 0.2) is 0 Å². The monoisotopic (exact) mass is 374 g/mol. The summed E-state index contributed by atoms with van der Waals surface area (Å²) >= 11 is 0. The van der Waals surface area contributed by atoms with Gasteiger partial charge in [-0.25, -0.2) is 5.43 Å². The van der Waals surface area contributed by atoms with Crippen LogP contribution in [-0.4, -0.2) is 17.2 Å². The topological polar surface area (TPSA) is 61.7 Å². The SMILES string of the molecule is CC(C)Cc1ccc([C@H](C)C(=O)N/N=C/c2c(O)ccc3ccccc23)cc1. The van der Waals surface area contributed by atoms with Crippen molar-refractivity contribution in [1.82, 2.24) is 5.43 Å². The lowest BCUT2D eigenvalue weighted by Gasteiger charge is -2.12. The van der Waals surface area contributed by atoms with E-state index in [0.29, 0.717) is 11.5 Å². The summed E-state index contributed by atoms with van der Waals surface area (Å²) < 4.78 is 0. The molecule has 28 heavy (non-hydrogen) atoms. The zero-order valence-corrected chi connectivity index (χ0v) is 16.5. The number of carbonyl (C=O) groups is 1. The molecule has 0 spiro atoms. The van der Waals surface area contributed by atoms with Crippen molar-refractivity contribution >= 4 is 22.9 Å². The maximum absolute atomic E-state index is 12.5. The molecule has 1 atom stereocenters. The minimum absolute atomic E-state index is 0.130. The number of hydrazone groups is 1. The Morgan fingerprint density at radius 1 is 1.04 bits per heavy atom. The molecule has 3 aromatic carbocycles. The van der Waals surface area contributed by atoms with E-state index in [2.05, 4.69) is 36.5 Å². The van der Waals surface area contributed by atoms with Gasteiger partial charge in [-0.1, -0.05) is 68.4 Å². The van der Waals surface area contributed by atoms with Crippen molar-refractivity contribution in [1.29, 1.82) is 0 Å². The maximum atomic E-state index is 12.5. The number of nitrogens with zero attached hydrogens (tertiary/aromatic N) is 1. The van der Waals surface area contributed by atoms with Gasteiger partial charge in [0.1, 0.15) is 5.75 Å². The van der Waals surface area contributed by atoms with E-state index in [4.69, 9.17) is 0 Å². The summed E-state index contributed by atoms with van der Waals surface area (Å²) in [6, 6.07) is 19.4. The Hall–Kier alpha value is -3.14. The first-order valence-corrected chi connectivity index (χ1v) is 9.58. The van der Waals surface area contributed by atoms with Gasteiger partial charge in [0.2, 0.25) is 5.91 Å². The number of benzene rings is 3. The molecular formula is C24H26N2O2. The number of hydrogen-bond donors (Lipinski definition) is 2. The van der Waals surface area contributed by atoms with Crippen LogP contribution in [0.2, 0.25) is 0 Å².